The number of rotatable bonds is 5. The van der Waals surface area contributed by atoms with E-state index < -0.39 is 17.6 Å². The van der Waals surface area contributed by atoms with Crippen molar-refractivity contribution < 1.29 is 18.0 Å². The van der Waals surface area contributed by atoms with Crippen LogP contribution >= 0.6 is 22.7 Å². The molecule has 1 aromatic carbocycles. The Kier molecular flexibility index (Phi) is 5.94. The second kappa shape index (κ2) is 8.67. The molecule has 0 radical (unpaired) electrons. The zero-order valence-corrected chi connectivity index (χ0v) is 18.5. The molecule has 0 spiro atoms. The van der Waals surface area contributed by atoms with Crippen LogP contribution in [-0.4, -0.2) is 20.9 Å². The molecule has 0 unspecified atom stereocenters. The number of carbonyl (C=O) groups excluding carboxylic acids is 1. The number of carbonyl (C=O) groups is 1. The van der Waals surface area contributed by atoms with Gasteiger partial charge in [0.05, 0.1) is 32.4 Å². The van der Waals surface area contributed by atoms with Crippen molar-refractivity contribution in [2.24, 2.45) is 0 Å². The van der Waals surface area contributed by atoms with Crippen molar-refractivity contribution in [1.29, 1.82) is 0 Å². The van der Waals surface area contributed by atoms with Gasteiger partial charge in [0.1, 0.15) is 5.82 Å². The van der Waals surface area contributed by atoms with Crippen molar-refractivity contribution in [3.63, 3.8) is 0 Å². The summed E-state index contributed by atoms with van der Waals surface area (Å²) in [6.45, 7) is 3.90. The van der Waals surface area contributed by atoms with Gasteiger partial charge in [-0.3, -0.25) is 4.79 Å². The van der Waals surface area contributed by atoms with Crippen LogP contribution in [0.3, 0.4) is 0 Å². The molecule has 3 heterocycles. The first-order valence-corrected chi connectivity index (χ1v) is 11.0. The van der Waals surface area contributed by atoms with Crippen LogP contribution in [0.5, 0.6) is 0 Å². The first-order chi connectivity index (χ1) is 15.2. The number of alkyl halides is 3. The van der Waals surface area contributed by atoms with E-state index in [1.807, 2.05) is 19.2 Å². The van der Waals surface area contributed by atoms with Gasteiger partial charge in [-0.25, -0.2) is 15.0 Å². The van der Waals surface area contributed by atoms with Crippen molar-refractivity contribution in [2.45, 2.75) is 20.0 Å². The summed E-state index contributed by atoms with van der Waals surface area (Å²) in [5, 5.41) is 9.22. The monoisotopic (exact) mass is 475 g/mol. The maximum Gasteiger partial charge on any atom is 0.416 e. The van der Waals surface area contributed by atoms with E-state index in [0.29, 0.717) is 10.9 Å². The van der Waals surface area contributed by atoms with Gasteiger partial charge >= 0.3 is 6.18 Å². The highest BCUT2D eigenvalue weighted by Crippen LogP contribution is 2.33. The van der Waals surface area contributed by atoms with Crippen molar-refractivity contribution in [3.05, 3.63) is 69.8 Å². The number of aromatic nitrogens is 3. The molecule has 0 atom stereocenters. The zero-order valence-electron chi connectivity index (χ0n) is 16.8. The largest absolute Gasteiger partial charge is 0.416 e. The topological polar surface area (TPSA) is 79.8 Å². The molecule has 11 heteroatoms. The predicted molar refractivity (Wildman–Crippen MR) is 120 cm³/mol. The number of thiazole rings is 2. The van der Waals surface area contributed by atoms with E-state index in [9.17, 15) is 18.0 Å². The molecule has 0 saturated carbocycles. The van der Waals surface area contributed by atoms with E-state index in [1.54, 1.807) is 23.5 Å². The summed E-state index contributed by atoms with van der Waals surface area (Å²) < 4.78 is 37.9. The number of nitrogens with zero attached hydrogens (tertiary/aromatic N) is 3. The fourth-order valence-electron chi connectivity index (χ4n) is 2.86. The maximum atomic E-state index is 12.6. The molecule has 6 nitrogen and oxygen atoms in total. The summed E-state index contributed by atoms with van der Waals surface area (Å²) in [4.78, 5) is 26.6. The van der Waals surface area contributed by atoms with E-state index in [2.05, 4.69) is 25.6 Å². The molecule has 0 saturated heterocycles. The lowest BCUT2D eigenvalue weighted by atomic mass is 10.2. The molecular formula is C21H16F3N5OS2. The number of hydrogen-bond acceptors (Lipinski definition) is 7. The zero-order chi connectivity index (χ0) is 22.9. The number of benzene rings is 1. The molecule has 0 aliphatic rings. The van der Waals surface area contributed by atoms with Crippen LogP contribution in [0.2, 0.25) is 0 Å². The van der Waals surface area contributed by atoms with E-state index >= 15 is 0 Å². The first kappa shape index (κ1) is 21.9. The Balaban J connectivity index is 1.40. The van der Waals surface area contributed by atoms with Gasteiger partial charge in [-0.1, -0.05) is 0 Å². The highest BCUT2D eigenvalue weighted by molar-refractivity contribution is 7.16. The van der Waals surface area contributed by atoms with Gasteiger partial charge in [-0.2, -0.15) is 13.2 Å². The summed E-state index contributed by atoms with van der Waals surface area (Å²) in [6, 6.07) is 7.44. The van der Waals surface area contributed by atoms with Crippen molar-refractivity contribution in [3.8, 4) is 10.6 Å². The Hall–Kier alpha value is -3.31. The first-order valence-electron chi connectivity index (χ1n) is 9.30. The fraction of sp³-hybridized carbons (Fsp3) is 0.143. The summed E-state index contributed by atoms with van der Waals surface area (Å²) in [5.74, 6) is 0.0329. The Morgan fingerprint density at radius 2 is 1.78 bits per heavy atom. The van der Waals surface area contributed by atoms with Crippen LogP contribution in [0.4, 0.5) is 29.8 Å². The summed E-state index contributed by atoms with van der Waals surface area (Å²) >= 11 is 3.01. The molecular weight excluding hydrogens is 459 g/mol. The maximum absolute atomic E-state index is 12.6. The number of nitrogens with one attached hydrogen (secondary N) is 2. The highest BCUT2D eigenvalue weighted by Gasteiger charge is 2.30. The normalized spacial score (nSPS) is 11.4. The Labute approximate surface area is 189 Å². The molecule has 0 fully saturated rings. The number of amides is 1. The fourth-order valence-corrected chi connectivity index (χ4v) is 4.53. The van der Waals surface area contributed by atoms with Gasteiger partial charge in [0.15, 0.2) is 5.13 Å². The summed E-state index contributed by atoms with van der Waals surface area (Å²) in [5.41, 5.74) is 1.53. The van der Waals surface area contributed by atoms with Gasteiger partial charge in [0.2, 0.25) is 0 Å². The van der Waals surface area contributed by atoms with E-state index in [-0.39, 0.29) is 11.3 Å². The lowest BCUT2D eigenvalue weighted by Gasteiger charge is -2.09. The third-order valence-electron chi connectivity index (χ3n) is 4.37. The molecule has 1 amide bonds. The molecule has 32 heavy (non-hydrogen) atoms. The van der Waals surface area contributed by atoms with Crippen molar-refractivity contribution >= 4 is 45.2 Å². The molecule has 0 aliphatic carbocycles. The standard InChI is InChI=1S/C21H16F3N5OS2/c1-11-18(32-12(2)26-11)16-10-31-20(28-16)29-17-8-3-13(9-25-17)19(30)27-15-6-4-14(5-7-15)21(22,23)24/h3-10H,1-2H3,(H,27,30)(H,25,28,29). The third-order valence-corrected chi connectivity index (χ3v) is 6.22. The minimum atomic E-state index is -4.42. The van der Waals surface area contributed by atoms with E-state index in [1.165, 1.54) is 29.7 Å². The number of hydrogen-bond donors (Lipinski definition) is 2. The number of pyridine rings is 1. The number of aryl methyl sites for hydroxylation is 2. The minimum Gasteiger partial charge on any atom is -0.322 e. The predicted octanol–water partition coefficient (Wildman–Crippen LogP) is 6.29. The summed E-state index contributed by atoms with van der Waals surface area (Å²) in [6.07, 6.45) is -3.04. The lowest BCUT2D eigenvalue weighted by Crippen LogP contribution is -2.13. The third kappa shape index (κ3) is 4.94. The summed E-state index contributed by atoms with van der Waals surface area (Å²) in [7, 11) is 0. The smallest absolute Gasteiger partial charge is 0.322 e. The average Bonchev–Trinajstić information content (AvgIpc) is 3.33. The van der Waals surface area contributed by atoms with E-state index in [4.69, 9.17) is 0 Å². The second-order valence-electron chi connectivity index (χ2n) is 6.77. The van der Waals surface area contributed by atoms with Crippen LogP contribution in [-0.2, 0) is 6.18 Å². The number of anilines is 3. The van der Waals surface area contributed by atoms with Crippen LogP contribution in [0, 0.1) is 13.8 Å². The Bertz CT molecular complexity index is 1250. The molecule has 3 aromatic heterocycles. The van der Waals surface area contributed by atoms with Crippen molar-refractivity contribution in [1.82, 2.24) is 15.0 Å². The van der Waals surface area contributed by atoms with Gasteiger partial charge in [0.25, 0.3) is 5.91 Å². The Morgan fingerprint density at radius 1 is 1.03 bits per heavy atom. The van der Waals surface area contributed by atoms with E-state index in [0.717, 1.165) is 33.4 Å². The highest BCUT2D eigenvalue weighted by atomic mass is 32.1. The minimum absolute atomic E-state index is 0.258. The molecule has 4 aromatic rings. The van der Waals surface area contributed by atoms with Crippen LogP contribution < -0.4 is 10.6 Å². The quantitative estimate of drug-likeness (QED) is 0.354. The molecule has 4 rings (SSSR count). The molecule has 0 aliphatic heterocycles. The van der Waals surface area contributed by atoms with Gasteiger partial charge < -0.3 is 10.6 Å². The molecule has 164 valence electrons. The van der Waals surface area contributed by atoms with Gasteiger partial charge in [-0.15, -0.1) is 22.7 Å². The van der Waals surface area contributed by atoms with Gasteiger partial charge in [-0.05, 0) is 50.2 Å². The van der Waals surface area contributed by atoms with Gasteiger partial charge in [0, 0.05) is 17.3 Å². The second-order valence-corrected chi connectivity index (χ2v) is 8.83. The number of halogens is 3. The SMILES string of the molecule is Cc1nc(C)c(-c2csc(Nc3ccc(C(=O)Nc4ccc(C(F)(F)F)cc4)cn3)n2)s1. The average molecular weight is 476 g/mol. The lowest BCUT2D eigenvalue weighted by molar-refractivity contribution is -0.137. The van der Waals surface area contributed by atoms with Crippen LogP contribution in [0.15, 0.2) is 48.0 Å². The molecule has 0 bridgehead atoms. The Morgan fingerprint density at radius 3 is 2.38 bits per heavy atom. The van der Waals surface area contributed by atoms with Crippen LogP contribution in [0.25, 0.3) is 10.6 Å². The van der Waals surface area contributed by atoms with Crippen LogP contribution in [0.1, 0.15) is 26.6 Å². The van der Waals surface area contributed by atoms with Crippen molar-refractivity contribution in [2.75, 3.05) is 10.6 Å². The molecule has 2 N–H and O–H groups in total.